The summed E-state index contributed by atoms with van der Waals surface area (Å²) in [5.74, 6) is 1.23. The molecule has 3 heterocycles. The second-order valence-electron chi connectivity index (χ2n) is 9.66. The van der Waals surface area contributed by atoms with Gasteiger partial charge in [0.1, 0.15) is 35.8 Å². The highest BCUT2D eigenvalue weighted by Gasteiger charge is 2.19. The van der Waals surface area contributed by atoms with E-state index in [1.54, 1.807) is 12.7 Å². The lowest BCUT2D eigenvalue weighted by atomic mass is 10.1. The van der Waals surface area contributed by atoms with Crippen LogP contribution < -0.4 is 11.5 Å². The van der Waals surface area contributed by atoms with Crippen molar-refractivity contribution < 1.29 is 4.42 Å². The molecule has 0 aliphatic rings. The Morgan fingerprint density at radius 3 is 1.46 bits per heavy atom. The van der Waals surface area contributed by atoms with Crippen LogP contribution in [0.15, 0.2) is 114 Å². The van der Waals surface area contributed by atoms with Crippen LogP contribution in [0.3, 0.4) is 0 Å². The molecule has 0 bridgehead atoms. The highest BCUT2D eigenvalue weighted by atomic mass is 16.3. The Morgan fingerprint density at radius 1 is 0.585 bits per heavy atom. The van der Waals surface area contributed by atoms with Crippen LogP contribution >= 0.6 is 0 Å². The fraction of sp³-hybridized carbons (Fsp3) is 0. The number of nitrogens with two attached hydrogens (primary N) is 2. The average Bonchev–Trinajstić information content (AvgIpc) is 3.75. The third kappa shape index (κ3) is 4.04. The molecule has 198 valence electrons. The molecule has 0 atom stereocenters. The zero-order valence-electron chi connectivity index (χ0n) is 21.7. The first-order valence-corrected chi connectivity index (χ1v) is 12.9. The summed E-state index contributed by atoms with van der Waals surface area (Å²) < 4.78 is 10.5. The lowest BCUT2D eigenvalue weighted by molar-refractivity contribution is 0.596. The van der Waals surface area contributed by atoms with Crippen molar-refractivity contribution in [1.82, 2.24) is 19.1 Å². The van der Waals surface area contributed by atoms with Crippen LogP contribution in [0.2, 0.25) is 0 Å². The van der Waals surface area contributed by atoms with Gasteiger partial charge in [0.05, 0.1) is 33.4 Å². The van der Waals surface area contributed by atoms with Crippen LogP contribution in [0.1, 0.15) is 11.1 Å². The summed E-state index contributed by atoms with van der Waals surface area (Å²) in [7, 11) is 0. The van der Waals surface area contributed by atoms with Crippen molar-refractivity contribution in [3.63, 3.8) is 0 Å². The fourth-order valence-electron chi connectivity index (χ4n) is 5.14. The zero-order chi connectivity index (χ0) is 28.1. The quantitative estimate of drug-likeness (QED) is 0.155. The summed E-state index contributed by atoms with van der Waals surface area (Å²) in [6, 6.07) is 30.8. The van der Waals surface area contributed by atoms with Gasteiger partial charge in [0.25, 0.3) is 0 Å². The molecule has 9 heteroatoms. The molecule has 3 aromatic heterocycles. The summed E-state index contributed by atoms with van der Waals surface area (Å²) in [5.41, 5.74) is 19.7. The predicted octanol–water partition coefficient (Wildman–Crippen LogP) is 5.86. The summed E-state index contributed by atoms with van der Waals surface area (Å²) >= 11 is 0. The van der Waals surface area contributed by atoms with Gasteiger partial charge >= 0.3 is 0 Å². The highest BCUT2D eigenvalue weighted by Crippen LogP contribution is 2.37. The van der Waals surface area contributed by atoms with E-state index in [0.717, 1.165) is 44.6 Å². The Morgan fingerprint density at radius 2 is 1.02 bits per heavy atom. The smallest absolute Gasteiger partial charge is 0.136 e. The van der Waals surface area contributed by atoms with Crippen molar-refractivity contribution in [3.8, 4) is 34.0 Å². The van der Waals surface area contributed by atoms with E-state index in [4.69, 9.17) is 26.7 Å². The maximum absolute atomic E-state index is 8.01. The second kappa shape index (κ2) is 9.35. The minimum atomic E-state index is -0.0230. The van der Waals surface area contributed by atoms with Crippen LogP contribution in [0.4, 0.5) is 0 Å². The number of hydrogen-bond donors (Lipinski definition) is 4. The van der Waals surface area contributed by atoms with Crippen molar-refractivity contribution >= 4 is 33.7 Å². The molecule has 0 amide bonds. The van der Waals surface area contributed by atoms with Crippen molar-refractivity contribution in [2.75, 3.05) is 0 Å². The van der Waals surface area contributed by atoms with Crippen LogP contribution in [0.5, 0.6) is 0 Å². The fourth-order valence-corrected chi connectivity index (χ4v) is 5.14. The maximum Gasteiger partial charge on any atom is 0.136 e. The Kier molecular flexibility index (Phi) is 5.50. The van der Waals surface area contributed by atoms with E-state index >= 15 is 0 Å². The number of hydrogen-bond acceptors (Lipinski definition) is 5. The minimum absolute atomic E-state index is 0.0230. The number of imidazole rings is 2. The molecule has 6 N–H and O–H groups in total. The summed E-state index contributed by atoms with van der Waals surface area (Å²) in [4.78, 5) is 9.11. The lowest BCUT2D eigenvalue weighted by Crippen LogP contribution is -2.12. The number of nitrogens with zero attached hydrogens (tertiary/aromatic N) is 4. The van der Waals surface area contributed by atoms with E-state index in [0.29, 0.717) is 22.6 Å². The third-order valence-corrected chi connectivity index (χ3v) is 7.18. The number of amidine groups is 2. The molecule has 41 heavy (non-hydrogen) atoms. The molecule has 7 rings (SSSR count). The monoisotopic (exact) mass is 536 g/mol. The van der Waals surface area contributed by atoms with Crippen molar-refractivity contribution in [1.29, 1.82) is 10.8 Å². The van der Waals surface area contributed by atoms with Crippen molar-refractivity contribution in [2.24, 2.45) is 11.5 Å². The number of rotatable bonds is 6. The Hall–Kier alpha value is -5.96. The number of fused-ring (bicyclic) bond motifs is 2. The number of furan rings is 1. The van der Waals surface area contributed by atoms with Gasteiger partial charge in [0, 0.05) is 22.3 Å². The van der Waals surface area contributed by atoms with Crippen LogP contribution in [-0.4, -0.2) is 30.8 Å². The molecule has 0 aliphatic carbocycles. The largest absolute Gasteiger partial charge is 0.456 e. The van der Waals surface area contributed by atoms with Gasteiger partial charge in [-0.3, -0.25) is 20.0 Å². The van der Waals surface area contributed by atoms with Crippen molar-refractivity contribution in [3.05, 3.63) is 121 Å². The van der Waals surface area contributed by atoms with E-state index < -0.39 is 0 Å². The van der Waals surface area contributed by atoms with E-state index in [1.165, 1.54) is 0 Å². The molecule has 0 unspecified atom stereocenters. The van der Waals surface area contributed by atoms with Crippen LogP contribution in [0.25, 0.3) is 56.1 Å². The molecule has 0 saturated carbocycles. The molecule has 0 fully saturated rings. The molecule has 9 nitrogen and oxygen atoms in total. The van der Waals surface area contributed by atoms with Gasteiger partial charge in [-0.05, 0) is 60.7 Å². The highest BCUT2D eigenvalue weighted by molar-refractivity contribution is 5.98. The third-order valence-electron chi connectivity index (χ3n) is 7.18. The van der Waals surface area contributed by atoms with Gasteiger partial charge in [-0.15, -0.1) is 0 Å². The number of para-hydroxylation sites is 4. The molecule has 4 aromatic carbocycles. The van der Waals surface area contributed by atoms with E-state index in [2.05, 4.69) is 9.97 Å². The first kappa shape index (κ1) is 24.1. The molecule has 0 saturated heterocycles. The molecule has 0 radical (unpaired) electrons. The SMILES string of the molecule is N=C(N)c1ccc(-c2ccc(-c3ccc(C(=N)N)cc3-n3cnc4ccccc43)o2)c(-n2cnc3ccccc32)c1. The van der Waals surface area contributed by atoms with Gasteiger partial charge in [-0.2, -0.15) is 0 Å². The summed E-state index contributed by atoms with van der Waals surface area (Å²) in [5, 5.41) is 16.0. The van der Waals surface area contributed by atoms with Gasteiger partial charge in [0.15, 0.2) is 0 Å². The van der Waals surface area contributed by atoms with Crippen molar-refractivity contribution in [2.45, 2.75) is 0 Å². The Balaban J connectivity index is 1.40. The van der Waals surface area contributed by atoms with Gasteiger partial charge in [0.2, 0.25) is 0 Å². The number of benzene rings is 4. The summed E-state index contributed by atoms with van der Waals surface area (Å²) in [6.45, 7) is 0. The molecule has 0 aliphatic heterocycles. The van der Waals surface area contributed by atoms with Gasteiger partial charge < -0.3 is 15.9 Å². The van der Waals surface area contributed by atoms with Gasteiger partial charge in [-0.1, -0.05) is 36.4 Å². The number of nitrogen functional groups attached to an aromatic ring is 2. The Bertz CT molecular complexity index is 1980. The molecule has 0 spiro atoms. The first-order valence-electron chi connectivity index (χ1n) is 12.9. The average molecular weight is 537 g/mol. The maximum atomic E-state index is 8.01. The standard InChI is InChI=1S/C32H24N8O/c33-31(34)19-9-11-21(27(15-19)39-17-37-23-5-1-3-7-25(23)39)29-13-14-30(41-29)22-12-10-20(32(35)36)16-28(22)40-18-38-24-6-2-4-8-26(24)40/h1-18H,(H3,33,34)(H3,35,36). The second-order valence-corrected chi connectivity index (χ2v) is 9.66. The normalized spacial score (nSPS) is 11.3. The minimum Gasteiger partial charge on any atom is -0.456 e. The molecule has 7 aromatic rings. The lowest BCUT2D eigenvalue weighted by Gasteiger charge is -2.13. The first-order chi connectivity index (χ1) is 20.0. The predicted molar refractivity (Wildman–Crippen MR) is 161 cm³/mol. The summed E-state index contributed by atoms with van der Waals surface area (Å²) in [6.07, 6.45) is 3.53. The van der Waals surface area contributed by atoms with E-state index in [1.807, 2.05) is 106 Å². The number of aromatic nitrogens is 4. The van der Waals surface area contributed by atoms with E-state index in [-0.39, 0.29) is 11.7 Å². The zero-order valence-corrected chi connectivity index (χ0v) is 21.7. The van der Waals surface area contributed by atoms with Crippen LogP contribution in [0, 0.1) is 10.8 Å². The molecular weight excluding hydrogens is 512 g/mol. The van der Waals surface area contributed by atoms with E-state index in [9.17, 15) is 0 Å². The Labute approximate surface area is 234 Å². The number of nitrogens with one attached hydrogen (secondary N) is 2. The van der Waals surface area contributed by atoms with Gasteiger partial charge in [-0.25, -0.2) is 9.97 Å². The molecular formula is C32H24N8O. The topological polar surface area (TPSA) is 149 Å². The van der Waals surface area contributed by atoms with Crippen LogP contribution in [-0.2, 0) is 0 Å².